The summed E-state index contributed by atoms with van der Waals surface area (Å²) in [5.41, 5.74) is 7.69. The lowest BCUT2D eigenvalue weighted by molar-refractivity contribution is -0.131. The van der Waals surface area contributed by atoms with Gasteiger partial charge < -0.3 is 9.47 Å². The molecule has 0 rings (SSSR count). The Balaban J connectivity index is 3.39. The van der Waals surface area contributed by atoms with Crippen LogP contribution in [0.15, 0.2) is 5.11 Å². The molecule has 0 aliphatic heterocycles. The van der Waals surface area contributed by atoms with Crippen LogP contribution in [-0.2, 0) is 19.1 Å². The van der Waals surface area contributed by atoms with Gasteiger partial charge in [0.15, 0.2) is 5.78 Å². The first-order valence-corrected chi connectivity index (χ1v) is 7.09. The van der Waals surface area contributed by atoms with Crippen molar-refractivity contribution in [2.24, 2.45) is 10.5 Å². The van der Waals surface area contributed by atoms with Crippen molar-refractivity contribution in [3.8, 4) is 0 Å². The Morgan fingerprint density at radius 2 is 1.76 bits per heavy atom. The van der Waals surface area contributed by atoms with Crippen molar-refractivity contribution < 1.29 is 19.1 Å². The third kappa shape index (κ3) is 12.1. The lowest BCUT2D eigenvalue weighted by Gasteiger charge is -2.16. The van der Waals surface area contributed by atoms with Crippen molar-refractivity contribution in [1.82, 2.24) is 0 Å². The van der Waals surface area contributed by atoms with Gasteiger partial charge >= 0.3 is 0 Å². The Morgan fingerprint density at radius 1 is 1.10 bits per heavy atom. The molecule has 21 heavy (non-hydrogen) atoms. The van der Waals surface area contributed by atoms with Crippen molar-refractivity contribution in [2.75, 3.05) is 33.0 Å². The summed E-state index contributed by atoms with van der Waals surface area (Å²) in [6.45, 7) is 7.13. The smallest absolute Gasteiger partial charge is 0.163 e. The molecule has 0 bridgehead atoms. The van der Waals surface area contributed by atoms with Crippen LogP contribution >= 0.6 is 0 Å². The molecule has 0 spiro atoms. The normalized spacial score (nSPS) is 11.0. The number of ether oxygens (including phenoxy) is 2. The minimum atomic E-state index is -0.378. The topological polar surface area (TPSA) is 101 Å². The zero-order valence-corrected chi connectivity index (χ0v) is 13.1. The molecule has 0 aromatic heterocycles. The summed E-state index contributed by atoms with van der Waals surface area (Å²) in [6.07, 6.45) is 1.34. The average molecular weight is 299 g/mol. The maximum atomic E-state index is 11.5. The second-order valence-electron chi connectivity index (χ2n) is 5.68. The number of ketones is 2. The van der Waals surface area contributed by atoms with E-state index in [0.717, 1.165) is 0 Å². The summed E-state index contributed by atoms with van der Waals surface area (Å²) in [5.74, 6) is 0.131. The molecular weight excluding hydrogens is 274 g/mol. The van der Waals surface area contributed by atoms with Crippen molar-refractivity contribution >= 4 is 11.6 Å². The highest BCUT2D eigenvalue weighted by molar-refractivity contribution is 5.84. The molecule has 0 aromatic carbocycles. The Bertz CT molecular complexity index is 371. The van der Waals surface area contributed by atoms with E-state index in [1.54, 1.807) is 0 Å². The quantitative estimate of drug-likeness (QED) is 0.239. The van der Waals surface area contributed by atoms with Crippen LogP contribution in [0.1, 0.15) is 40.0 Å². The second-order valence-corrected chi connectivity index (χ2v) is 5.68. The molecule has 0 saturated heterocycles. The highest BCUT2D eigenvalue weighted by Gasteiger charge is 2.20. The first kappa shape index (κ1) is 19.6. The van der Waals surface area contributed by atoms with E-state index >= 15 is 0 Å². The highest BCUT2D eigenvalue weighted by atomic mass is 16.5. The Kier molecular flexibility index (Phi) is 10.5. The molecule has 0 aromatic rings. The largest absolute Gasteiger partial charge is 0.379 e. The molecular formula is C14H25N3O4. The van der Waals surface area contributed by atoms with Crippen molar-refractivity contribution in [1.29, 1.82) is 0 Å². The van der Waals surface area contributed by atoms with E-state index in [1.807, 2.05) is 20.8 Å². The van der Waals surface area contributed by atoms with Crippen molar-refractivity contribution in [3.05, 3.63) is 10.4 Å². The Morgan fingerprint density at radius 3 is 2.38 bits per heavy atom. The molecule has 7 nitrogen and oxygen atoms in total. The summed E-state index contributed by atoms with van der Waals surface area (Å²) in [6, 6.07) is 0. The van der Waals surface area contributed by atoms with Gasteiger partial charge in [-0.25, -0.2) is 0 Å². The van der Waals surface area contributed by atoms with Crippen LogP contribution in [0.25, 0.3) is 10.4 Å². The van der Waals surface area contributed by atoms with E-state index in [9.17, 15) is 9.59 Å². The van der Waals surface area contributed by atoms with Gasteiger partial charge in [0, 0.05) is 36.3 Å². The third-order valence-electron chi connectivity index (χ3n) is 2.74. The van der Waals surface area contributed by atoms with Crippen molar-refractivity contribution in [2.45, 2.75) is 40.0 Å². The fraction of sp³-hybridized carbons (Fsp3) is 0.857. The number of Topliss-reactive ketones (excluding diaryl/α,β-unsaturated/α-hetero) is 2. The zero-order chi connectivity index (χ0) is 16.1. The standard InChI is InChI=1S/C14H25N3O4/c1-14(2,3)13(19)11-21-10-9-20-8-4-5-12(18)6-7-16-17-15/h4-11H2,1-3H3. The molecule has 0 unspecified atom stereocenters. The first-order valence-electron chi connectivity index (χ1n) is 7.09. The van der Waals surface area contributed by atoms with E-state index in [2.05, 4.69) is 10.0 Å². The summed E-state index contributed by atoms with van der Waals surface area (Å²) >= 11 is 0. The third-order valence-corrected chi connectivity index (χ3v) is 2.74. The second kappa shape index (κ2) is 11.3. The van der Waals surface area contributed by atoms with Crippen LogP contribution in [0.5, 0.6) is 0 Å². The van der Waals surface area contributed by atoms with Gasteiger partial charge in [-0.15, -0.1) is 0 Å². The van der Waals surface area contributed by atoms with E-state index in [4.69, 9.17) is 15.0 Å². The predicted molar refractivity (Wildman–Crippen MR) is 79.0 cm³/mol. The van der Waals surface area contributed by atoms with Gasteiger partial charge in [-0.1, -0.05) is 25.9 Å². The van der Waals surface area contributed by atoms with Crippen LogP contribution in [-0.4, -0.2) is 44.5 Å². The number of carbonyl (C=O) groups excluding carboxylic acids is 2. The maximum absolute atomic E-state index is 11.5. The lowest BCUT2D eigenvalue weighted by Crippen LogP contribution is -2.25. The van der Waals surface area contributed by atoms with Crippen LogP contribution in [0.4, 0.5) is 0 Å². The van der Waals surface area contributed by atoms with E-state index in [-0.39, 0.29) is 36.6 Å². The van der Waals surface area contributed by atoms with Crippen LogP contribution in [0.2, 0.25) is 0 Å². The molecule has 120 valence electrons. The average Bonchev–Trinajstić information content (AvgIpc) is 2.40. The maximum Gasteiger partial charge on any atom is 0.163 e. The fourth-order valence-electron chi connectivity index (χ4n) is 1.32. The molecule has 0 heterocycles. The molecule has 7 heteroatoms. The summed E-state index contributed by atoms with van der Waals surface area (Å²) in [5, 5.41) is 3.31. The SMILES string of the molecule is CC(C)(C)C(=O)COCCOCCCC(=O)CCN=[N+]=[N-]. The monoisotopic (exact) mass is 299 g/mol. The van der Waals surface area contributed by atoms with E-state index < -0.39 is 0 Å². The van der Waals surface area contributed by atoms with Gasteiger partial charge in [0.2, 0.25) is 0 Å². The van der Waals surface area contributed by atoms with Crippen LogP contribution in [0, 0.1) is 5.41 Å². The minimum absolute atomic E-state index is 0.0631. The Labute approximate surface area is 125 Å². The van der Waals surface area contributed by atoms with Gasteiger partial charge in [0.05, 0.1) is 13.2 Å². The molecule has 0 atom stereocenters. The van der Waals surface area contributed by atoms with Gasteiger partial charge in [-0.3, -0.25) is 9.59 Å². The van der Waals surface area contributed by atoms with Crippen molar-refractivity contribution in [3.63, 3.8) is 0 Å². The summed E-state index contributed by atoms with van der Waals surface area (Å²) < 4.78 is 10.5. The lowest BCUT2D eigenvalue weighted by atomic mass is 9.91. The van der Waals surface area contributed by atoms with Crippen LogP contribution < -0.4 is 0 Å². The number of hydrogen-bond acceptors (Lipinski definition) is 5. The molecule has 0 aliphatic rings. The molecule has 0 aliphatic carbocycles. The molecule has 0 N–H and O–H groups in total. The number of carbonyl (C=O) groups is 2. The number of azide groups is 1. The number of rotatable bonds is 12. The Hall–Kier alpha value is -1.43. The molecule has 0 saturated carbocycles. The first-order chi connectivity index (χ1) is 9.88. The van der Waals surface area contributed by atoms with E-state index in [1.165, 1.54) is 0 Å². The fourth-order valence-corrected chi connectivity index (χ4v) is 1.32. The van der Waals surface area contributed by atoms with Gasteiger partial charge in [0.1, 0.15) is 12.4 Å². The molecule has 0 radical (unpaired) electrons. The summed E-state index contributed by atoms with van der Waals surface area (Å²) in [4.78, 5) is 25.5. The number of nitrogens with zero attached hydrogens (tertiary/aromatic N) is 3. The summed E-state index contributed by atoms with van der Waals surface area (Å²) in [7, 11) is 0. The molecule has 0 amide bonds. The highest BCUT2D eigenvalue weighted by Crippen LogP contribution is 2.14. The minimum Gasteiger partial charge on any atom is -0.379 e. The van der Waals surface area contributed by atoms with Crippen LogP contribution in [0.3, 0.4) is 0 Å². The molecule has 0 fully saturated rings. The van der Waals surface area contributed by atoms with Gasteiger partial charge in [0.25, 0.3) is 0 Å². The zero-order valence-electron chi connectivity index (χ0n) is 13.1. The predicted octanol–water partition coefficient (Wildman–Crippen LogP) is 2.68. The van der Waals surface area contributed by atoms with Gasteiger partial charge in [-0.2, -0.15) is 0 Å². The number of hydrogen-bond donors (Lipinski definition) is 0. The van der Waals surface area contributed by atoms with E-state index in [0.29, 0.717) is 32.7 Å². The van der Waals surface area contributed by atoms with Gasteiger partial charge in [-0.05, 0) is 12.0 Å².